The number of nitrogens with one attached hydrogen (secondary N) is 1. The van der Waals surface area contributed by atoms with E-state index in [1.54, 1.807) is 6.92 Å². The lowest BCUT2D eigenvalue weighted by molar-refractivity contribution is -0.136. The summed E-state index contributed by atoms with van der Waals surface area (Å²) >= 11 is 3.40. The normalized spacial score (nSPS) is 19.1. The molecule has 4 nitrogen and oxygen atoms in total. The zero-order chi connectivity index (χ0) is 14.0. The molecular weight excluding hydrogens is 310 g/mol. The van der Waals surface area contributed by atoms with Crippen molar-refractivity contribution < 1.29 is 14.3 Å². The molecule has 0 saturated heterocycles. The molecule has 1 heterocycles. The van der Waals surface area contributed by atoms with E-state index in [1.165, 1.54) is 7.11 Å². The zero-order valence-electron chi connectivity index (χ0n) is 10.7. The molecule has 2 rings (SSSR count). The van der Waals surface area contributed by atoms with Crippen LogP contribution in [0.3, 0.4) is 0 Å². The van der Waals surface area contributed by atoms with E-state index in [0.717, 1.165) is 10.0 Å². The second-order valence-corrected chi connectivity index (χ2v) is 5.31. The van der Waals surface area contributed by atoms with E-state index in [1.807, 2.05) is 24.3 Å². The number of allylic oxidation sites excluding steroid dienone is 1. The van der Waals surface area contributed by atoms with Crippen molar-refractivity contribution in [1.82, 2.24) is 5.32 Å². The molecule has 1 atom stereocenters. The highest BCUT2D eigenvalue weighted by molar-refractivity contribution is 9.10. The minimum Gasteiger partial charge on any atom is -0.466 e. The smallest absolute Gasteiger partial charge is 0.336 e. The third-order valence-corrected chi connectivity index (χ3v) is 3.62. The van der Waals surface area contributed by atoms with Crippen molar-refractivity contribution in [3.63, 3.8) is 0 Å². The highest BCUT2D eigenvalue weighted by Gasteiger charge is 2.32. The molecule has 0 spiro atoms. The maximum atomic E-state index is 11.9. The third-order valence-electron chi connectivity index (χ3n) is 3.13. The minimum atomic E-state index is -0.400. The Morgan fingerprint density at radius 1 is 1.47 bits per heavy atom. The molecular formula is C14H14BrNO3. The molecule has 1 amide bonds. The number of ether oxygens (including phenoxy) is 1. The molecule has 1 aliphatic heterocycles. The van der Waals surface area contributed by atoms with Crippen LogP contribution in [0.2, 0.25) is 0 Å². The van der Waals surface area contributed by atoms with Crippen molar-refractivity contribution in [2.75, 3.05) is 7.11 Å². The van der Waals surface area contributed by atoms with Gasteiger partial charge in [0.05, 0.1) is 12.7 Å². The van der Waals surface area contributed by atoms with Crippen LogP contribution in [0.15, 0.2) is 40.0 Å². The number of halogens is 1. The Balaban J connectivity index is 2.49. The number of hydrogen-bond donors (Lipinski definition) is 1. The highest BCUT2D eigenvalue weighted by atomic mass is 79.9. The number of benzene rings is 1. The Hall–Kier alpha value is -1.62. The summed E-state index contributed by atoms with van der Waals surface area (Å²) in [6.45, 7) is 1.72. The average molecular weight is 324 g/mol. The van der Waals surface area contributed by atoms with Gasteiger partial charge in [-0.05, 0) is 24.6 Å². The van der Waals surface area contributed by atoms with Crippen molar-refractivity contribution in [2.45, 2.75) is 19.3 Å². The summed E-state index contributed by atoms with van der Waals surface area (Å²) in [6, 6.07) is 7.61. The van der Waals surface area contributed by atoms with Crippen LogP contribution in [-0.4, -0.2) is 19.0 Å². The van der Waals surface area contributed by atoms with Gasteiger partial charge in [0.15, 0.2) is 0 Å². The molecule has 5 heteroatoms. The van der Waals surface area contributed by atoms with Crippen molar-refractivity contribution in [2.24, 2.45) is 0 Å². The van der Waals surface area contributed by atoms with Crippen molar-refractivity contribution in [3.05, 3.63) is 45.6 Å². The van der Waals surface area contributed by atoms with E-state index in [0.29, 0.717) is 11.3 Å². The number of hydrogen-bond acceptors (Lipinski definition) is 3. The number of carbonyl (C=O) groups is 2. The summed E-state index contributed by atoms with van der Waals surface area (Å²) in [7, 11) is 1.34. The number of rotatable bonds is 2. The Kier molecular flexibility index (Phi) is 4.04. The number of esters is 1. The van der Waals surface area contributed by atoms with Gasteiger partial charge in [0.2, 0.25) is 5.91 Å². The molecule has 0 aliphatic carbocycles. The van der Waals surface area contributed by atoms with Crippen LogP contribution in [-0.2, 0) is 14.3 Å². The van der Waals surface area contributed by atoms with Crippen molar-refractivity contribution >= 4 is 27.8 Å². The van der Waals surface area contributed by atoms with E-state index in [-0.39, 0.29) is 18.2 Å². The lowest BCUT2D eigenvalue weighted by atomic mass is 9.84. The Labute approximate surface area is 120 Å². The number of amides is 1. The van der Waals surface area contributed by atoms with Crippen LogP contribution in [0.4, 0.5) is 0 Å². The summed E-state index contributed by atoms with van der Waals surface area (Å²) in [6.07, 6.45) is 0.248. The SMILES string of the molecule is COC(=O)C1=C(C)NC(=O)C[C@@H]1c1cccc(Br)c1. The molecule has 0 bridgehead atoms. The number of methoxy groups -OCH3 is 1. The zero-order valence-corrected chi connectivity index (χ0v) is 12.3. The first kappa shape index (κ1) is 13.8. The summed E-state index contributed by atoms with van der Waals surface area (Å²) in [5.74, 6) is -0.753. The van der Waals surface area contributed by atoms with Crippen LogP contribution in [0, 0.1) is 0 Å². The monoisotopic (exact) mass is 323 g/mol. The van der Waals surface area contributed by atoms with Crippen LogP contribution in [0.5, 0.6) is 0 Å². The van der Waals surface area contributed by atoms with E-state index in [9.17, 15) is 9.59 Å². The molecule has 1 N–H and O–H groups in total. The van der Waals surface area contributed by atoms with Gasteiger partial charge in [0.25, 0.3) is 0 Å². The minimum absolute atomic E-state index is 0.0878. The summed E-state index contributed by atoms with van der Waals surface area (Å²) in [5.41, 5.74) is 2.00. The molecule has 1 aromatic carbocycles. The summed E-state index contributed by atoms with van der Waals surface area (Å²) < 4.78 is 5.73. The predicted octanol–water partition coefficient (Wildman–Crippen LogP) is 2.50. The summed E-state index contributed by atoms with van der Waals surface area (Å²) in [4.78, 5) is 23.6. The van der Waals surface area contributed by atoms with E-state index in [2.05, 4.69) is 21.2 Å². The van der Waals surface area contributed by atoms with Crippen LogP contribution in [0.25, 0.3) is 0 Å². The molecule has 0 unspecified atom stereocenters. The van der Waals surface area contributed by atoms with Gasteiger partial charge >= 0.3 is 5.97 Å². The van der Waals surface area contributed by atoms with Crippen LogP contribution < -0.4 is 5.32 Å². The van der Waals surface area contributed by atoms with Crippen LogP contribution >= 0.6 is 15.9 Å². The molecule has 1 aromatic rings. The lowest BCUT2D eigenvalue weighted by Crippen LogP contribution is -2.34. The van der Waals surface area contributed by atoms with Crippen molar-refractivity contribution in [1.29, 1.82) is 0 Å². The first-order valence-corrected chi connectivity index (χ1v) is 6.66. The van der Waals surface area contributed by atoms with E-state index in [4.69, 9.17) is 4.74 Å². The molecule has 0 saturated carbocycles. The Morgan fingerprint density at radius 2 is 2.21 bits per heavy atom. The first-order valence-electron chi connectivity index (χ1n) is 5.87. The molecule has 1 aliphatic rings. The molecule has 100 valence electrons. The number of carbonyl (C=O) groups excluding carboxylic acids is 2. The largest absolute Gasteiger partial charge is 0.466 e. The predicted molar refractivity (Wildman–Crippen MR) is 74.4 cm³/mol. The second kappa shape index (κ2) is 5.57. The summed E-state index contributed by atoms with van der Waals surface area (Å²) in [5, 5.41) is 2.69. The van der Waals surface area contributed by atoms with Crippen LogP contribution in [0.1, 0.15) is 24.8 Å². The second-order valence-electron chi connectivity index (χ2n) is 4.39. The fourth-order valence-electron chi connectivity index (χ4n) is 2.29. The maximum absolute atomic E-state index is 11.9. The van der Waals surface area contributed by atoms with Gasteiger partial charge in [-0.25, -0.2) is 4.79 Å². The Bertz CT molecular complexity index is 566. The molecule has 0 aromatic heterocycles. The molecule has 0 fully saturated rings. The van der Waals surface area contributed by atoms with Gasteiger partial charge < -0.3 is 10.1 Å². The maximum Gasteiger partial charge on any atom is 0.336 e. The average Bonchev–Trinajstić information content (AvgIpc) is 2.37. The van der Waals surface area contributed by atoms with Gasteiger partial charge in [0, 0.05) is 22.5 Å². The first-order chi connectivity index (χ1) is 9.02. The standard InChI is InChI=1S/C14H14BrNO3/c1-8-13(14(18)19-2)11(7-12(17)16-8)9-4-3-5-10(15)6-9/h3-6,11H,7H2,1-2H3,(H,16,17)/t11-/m1/s1. The third kappa shape index (κ3) is 2.87. The fraction of sp³-hybridized carbons (Fsp3) is 0.286. The van der Waals surface area contributed by atoms with Crippen molar-refractivity contribution in [3.8, 4) is 0 Å². The lowest BCUT2D eigenvalue weighted by Gasteiger charge is -2.26. The topological polar surface area (TPSA) is 55.4 Å². The van der Waals surface area contributed by atoms with Gasteiger partial charge in [-0.15, -0.1) is 0 Å². The van der Waals surface area contributed by atoms with Gasteiger partial charge in [-0.3, -0.25) is 4.79 Å². The molecule has 0 radical (unpaired) electrons. The Morgan fingerprint density at radius 3 is 2.84 bits per heavy atom. The fourth-order valence-corrected chi connectivity index (χ4v) is 2.71. The highest BCUT2D eigenvalue weighted by Crippen LogP contribution is 2.34. The van der Waals surface area contributed by atoms with Gasteiger partial charge in [0.1, 0.15) is 0 Å². The molecule has 19 heavy (non-hydrogen) atoms. The van der Waals surface area contributed by atoms with Gasteiger partial charge in [-0.2, -0.15) is 0 Å². The van der Waals surface area contributed by atoms with E-state index < -0.39 is 5.97 Å². The van der Waals surface area contributed by atoms with E-state index >= 15 is 0 Å². The quantitative estimate of drug-likeness (QED) is 0.851. The van der Waals surface area contributed by atoms with Gasteiger partial charge in [-0.1, -0.05) is 28.1 Å².